The average molecular weight is 250 g/mol. The maximum absolute atomic E-state index is 5.71. The molecule has 0 aliphatic heterocycles. The molecule has 0 heterocycles. The van der Waals surface area contributed by atoms with Crippen LogP contribution in [-0.2, 0) is 13.3 Å². The molecule has 6 heteroatoms. The van der Waals surface area contributed by atoms with Crippen LogP contribution in [0.3, 0.4) is 0 Å². The van der Waals surface area contributed by atoms with Crippen molar-refractivity contribution >= 4 is 8.80 Å². The van der Waals surface area contributed by atoms with Gasteiger partial charge in [0.1, 0.15) is 0 Å². The Morgan fingerprint density at radius 3 is 1.81 bits per heavy atom. The molecule has 0 amide bonds. The van der Waals surface area contributed by atoms with Crippen LogP contribution in [0.1, 0.15) is 20.8 Å². The Balaban J connectivity index is 4.12. The highest BCUT2D eigenvalue weighted by Gasteiger charge is 2.39. The number of rotatable bonds is 11. The summed E-state index contributed by atoms with van der Waals surface area (Å²) in [5.74, 6) is 0. The van der Waals surface area contributed by atoms with E-state index in [1.807, 2.05) is 20.8 Å². The molecular formula is C10H26N2O3Si. The van der Waals surface area contributed by atoms with E-state index >= 15 is 0 Å². The molecule has 0 radical (unpaired) electrons. The van der Waals surface area contributed by atoms with E-state index in [0.29, 0.717) is 26.4 Å². The summed E-state index contributed by atoms with van der Waals surface area (Å²) in [4.78, 5) is 0. The van der Waals surface area contributed by atoms with Crippen molar-refractivity contribution in [3.8, 4) is 0 Å². The molecule has 0 aromatic carbocycles. The zero-order valence-electron chi connectivity index (χ0n) is 10.8. The van der Waals surface area contributed by atoms with E-state index in [4.69, 9.17) is 19.0 Å². The molecule has 0 aliphatic carbocycles. The molecule has 3 N–H and O–H groups in total. The van der Waals surface area contributed by atoms with Gasteiger partial charge in [-0.15, -0.1) is 0 Å². The van der Waals surface area contributed by atoms with Gasteiger partial charge in [0.2, 0.25) is 0 Å². The third-order valence-corrected chi connectivity index (χ3v) is 5.07. The number of hydrogen-bond donors (Lipinski definition) is 2. The van der Waals surface area contributed by atoms with Gasteiger partial charge in [0.25, 0.3) is 0 Å². The Morgan fingerprint density at radius 1 is 0.938 bits per heavy atom. The van der Waals surface area contributed by atoms with E-state index in [1.54, 1.807) is 0 Å². The van der Waals surface area contributed by atoms with Gasteiger partial charge in [0, 0.05) is 39.0 Å². The van der Waals surface area contributed by atoms with Crippen molar-refractivity contribution in [1.29, 1.82) is 0 Å². The van der Waals surface area contributed by atoms with E-state index in [2.05, 4.69) is 5.32 Å². The van der Waals surface area contributed by atoms with Gasteiger partial charge in [-0.2, -0.15) is 0 Å². The quantitative estimate of drug-likeness (QED) is 0.415. The predicted molar refractivity (Wildman–Crippen MR) is 67.4 cm³/mol. The molecule has 0 atom stereocenters. The Bertz CT molecular complexity index is 144. The third kappa shape index (κ3) is 6.57. The van der Waals surface area contributed by atoms with Crippen LogP contribution in [0.4, 0.5) is 0 Å². The van der Waals surface area contributed by atoms with Gasteiger partial charge in [-0.25, -0.2) is 0 Å². The van der Waals surface area contributed by atoms with Gasteiger partial charge >= 0.3 is 8.80 Å². The number of nitrogens with two attached hydrogens (primary N) is 1. The van der Waals surface area contributed by atoms with Crippen molar-refractivity contribution in [2.24, 2.45) is 5.73 Å². The van der Waals surface area contributed by atoms with Crippen molar-refractivity contribution in [3.05, 3.63) is 0 Å². The number of nitrogens with one attached hydrogen (secondary N) is 1. The zero-order chi connectivity index (χ0) is 12.3. The Hall–Kier alpha value is 0.0169. The van der Waals surface area contributed by atoms with Gasteiger partial charge in [0.05, 0.1) is 0 Å². The number of hydrogen-bond acceptors (Lipinski definition) is 5. The fourth-order valence-electron chi connectivity index (χ4n) is 1.47. The molecule has 0 saturated heterocycles. The Morgan fingerprint density at radius 2 is 1.44 bits per heavy atom. The molecule has 16 heavy (non-hydrogen) atoms. The second-order valence-corrected chi connectivity index (χ2v) is 6.00. The summed E-state index contributed by atoms with van der Waals surface area (Å²) in [5.41, 5.74) is 5.41. The lowest BCUT2D eigenvalue weighted by Crippen LogP contribution is -2.48. The minimum Gasteiger partial charge on any atom is -0.374 e. The summed E-state index contributed by atoms with van der Waals surface area (Å²) in [6.07, 6.45) is 0. The van der Waals surface area contributed by atoms with E-state index in [9.17, 15) is 0 Å². The van der Waals surface area contributed by atoms with Crippen molar-refractivity contribution in [1.82, 2.24) is 5.32 Å². The first-order valence-electron chi connectivity index (χ1n) is 6.07. The highest BCUT2D eigenvalue weighted by atomic mass is 28.4. The third-order valence-electron chi connectivity index (χ3n) is 2.02. The lowest BCUT2D eigenvalue weighted by molar-refractivity contribution is 0.0714. The summed E-state index contributed by atoms with van der Waals surface area (Å²) in [6.45, 7) is 10.1. The van der Waals surface area contributed by atoms with Crippen molar-refractivity contribution in [2.75, 3.05) is 39.5 Å². The van der Waals surface area contributed by atoms with Crippen molar-refractivity contribution in [3.63, 3.8) is 0 Å². The van der Waals surface area contributed by atoms with E-state index in [0.717, 1.165) is 19.1 Å². The fourth-order valence-corrected chi connectivity index (χ4v) is 3.96. The minimum absolute atomic E-state index is 0.628. The van der Waals surface area contributed by atoms with Crippen LogP contribution in [-0.4, -0.2) is 48.3 Å². The smallest absolute Gasteiger partial charge is 0.374 e. The predicted octanol–water partition coefficient (Wildman–Crippen LogP) is 0.583. The Labute approximate surface area is 100 Å². The molecule has 0 spiro atoms. The summed E-state index contributed by atoms with van der Waals surface area (Å²) in [6, 6.07) is 0.794. The highest BCUT2D eigenvalue weighted by Crippen LogP contribution is 2.14. The first kappa shape index (κ1) is 16.0. The Kier molecular flexibility index (Phi) is 10.2. The molecule has 0 aromatic rings. The lowest BCUT2D eigenvalue weighted by atomic mass is 10.6. The fraction of sp³-hybridized carbons (Fsp3) is 1.00. The molecule has 0 aliphatic rings. The topological polar surface area (TPSA) is 65.7 Å². The molecule has 0 rings (SSSR count). The van der Waals surface area contributed by atoms with E-state index < -0.39 is 8.80 Å². The van der Waals surface area contributed by atoms with Crippen molar-refractivity contribution < 1.29 is 13.3 Å². The van der Waals surface area contributed by atoms with Crippen LogP contribution >= 0.6 is 0 Å². The minimum atomic E-state index is -2.45. The monoisotopic (exact) mass is 250 g/mol. The average Bonchev–Trinajstić information content (AvgIpc) is 2.26. The summed E-state index contributed by atoms with van der Waals surface area (Å²) in [5, 5.41) is 3.24. The van der Waals surface area contributed by atoms with Gasteiger partial charge in [-0.1, -0.05) is 0 Å². The molecule has 0 unspecified atom stereocenters. The maximum Gasteiger partial charge on any atom is 0.502 e. The van der Waals surface area contributed by atoms with E-state index in [-0.39, 0.29) is 0 Å². The second kappa shape index (κ2) is 10.2. The lowest BCUT2D eigenvalue weighted by Gasteiger charge is -2.28. The molecule has 0 fully saturated rings. The van der Waals surface area contributed by atoms with Crippen LogP contribution in [0.15, 0.2) is 0 Å². The molecular weight excluding hydrogens is 224 g/mol. The zero-order valence-corrected chi connectivity index (χ0v) is 11.8. The van der Waals surface area contributed by atoms with Crippen LogP contribution in [0, 0.1) is 0 Å². The maximum atomic E-state index is 5.71. The molecule has 0 saturated carbocycles. The van der Waals surface area contributed by atoms with E-state index in [1.165, 1.54) is 0 Å². The van der Waals surface area contributed by atoms with Gasteiger partial charge in [-0.3, -0.25) is 0 Å². The van der Waals surface area contributed by atoms with Crippen LogP contribution in [0.2, 0.25) is 6.04 Å². The molecule has 5 nitrogen and oxygen atoms in total. The summed E-state index contributed by atoms with van der Waals surface area (Å²) < 4.78 is 17.1. The summed E-state index contributed by atoms with van der Waals surface area (Å²) in [7, 11) is -2.45. The summed E-state index contributed by atoms with van der Waals surface area (Å²) >= 11 is 0. The standard InChI is InChI=1S/C10H26N2O3Si/c1-4-13-16(14-5-2,15-6-3)10-9-12-8-7-11/h12H,4-11H2,1-3H3. The molecule has 0 bridgehead atoms. The molecule has 0 aromatic heterocycles. The van der Waals surface area contributed by atoms with Crippen molar-refractivity contribution in [2.45, 2.75) is 26.8 Å². The first-order valence-corrected chi connectivity index (χ1v) is 8.00. The van der Waals surface area contributed by atoms with Gasteiger partial charge in [0.15, 0.2) is 0 Å². The van der Waals surface area contributed by atoms with Crippen LogP contribution in [0.25, 0.3) is 0 Å². The van der Waals surface area contributed by atoms with Gasteiger partial charge < -0.3 is 24.3 Å². The highest BCUT2D eigenvalue weighted by molar-refractivity contribution is 6.60. The first-order chi connectivity index (χ1) is 7.74. The van der Waals surface area contributed by atoms with Gasteiger partial charge in [-0.05, 0) is 27.3 Å². The molecule has 98 valence electrons. The normalized spacial score (nSPS) is 12.0. The largest absolute Gasteiger partial charge is 0.502 e. The van der Waals surface area contributed by atoms with Crippen LogP contribution < -0.4 is 11.1 Å². The SMILES string of the molecule is CCO[Si](CCNCCN)(OCC)OCC. The second-order valence-electron chi connectivity index (χ2n) is 3.27. The van der Waals surface area contributed by atoms with Crippen LogP contribution in [0.5, 0.6) is 0 Å².